The van der Waals surface area contributed by atoms with E-state index in [-0.39, 0.29) is 5.43 Å². The van der Waals surface area contributed by atoms with Crippen molar-refractivity contribution in [2.24, 2.45) is 0 Å². The molecule has 0 atom stereocenters. The largest absolute Gasteiger partial charge is 0.463 e. The van der Waals surface area contributed by atoms with E-state index in [0.29, 0.717) is 22.2 Å². The number of hydrogen-bond acceptors (Lipinski definition) is 3. The maximum absolute atomic E-state index is 13.0. The summed E-state index contributed by atoms with van der Waals surface area (Å²) < 4.78 is 6.59. The number of pyridine rings is 1. The molecule has 0 N–H and O–H groups in total. The fourth-order valence-electron chi connectivity index (χ4n) is 2.78. The Labute approximate surface area is 146 Å². The smallest absolute Gasteiger partial charge is 0.202 e. The van der Waals surface area contributed by atoms with Gasteiger partial charge in [0, 0.05) is 10.6 Å². The molecule has 0 saturated carbocycles. The Morgan fingerprint density at radius 3 is 2.83 bits per heavy atom. The molecule has 23 heavy (non-hydrogen) atoms. The quantitative estimate of drug-likeness (QED) is 0.266. The van der Waals surface area contributed by atoms with Crippen molar-refractivity contribution in [3.05, 3.63) is 76.8 Å². The lowest BCUT2D eigenvalue weighted by molar-refractivity contribution is 0.605. The Bertz CT molecular complexity index is 1090. The standard InChI is InChI=1S/C19H12INO2/c20-10-12-7-8-21-16(9-12)15-11-23-17-6-5-13-3-1-2-4-14(13)18(17)19(15)22/h1-9,11H,10H2. The number of rotatable bonds is 2. The second-order valence-electron chi connectivity index (χ2n) is 5.32. The van der Waals surface area contributed by atoms with Crippen molar-refractivity contribution in [3.63, 3.8) is 0 Å². The molecule has 112 valence electrons. The molecule has 3 nitrogen and oxygen atoms in total. The zero-order valence-corrected chi connectivity index (χ0v) is 14.3. The molecule has 0 unspecified atom stereocenters. The monoisotopic (exact) mass is 413 g/mol. The highest BCUT2D eigenvalue weighted by molar-refractivity contribution is 14.1. The van der Waals surface area contributed by atoms with Gasteiger partial charge in [-0.1, -0.05) is 52.9 Å². The predicted molar refractivity (Wildman–Crippen MR) is 101 cm³/mol. The molecule has 2 heterocycles. The lowest BCUT2D eigenvalue weighted by Crippen LogP contribution is -2.06. The fourth-order valence-corrected chi connectivity index (χ4v) is 3.25. The predicted octanol–water partition coefficient (Wildman–Crippen LogP) is 4.94. The first-order valence-electron chi connectivity index (χ1n) is 7.22. The molecule has 0 saturated heterocycles. The molecule has 0 aliphatic heterocycles. The highest BCUT2D eigenvalue weighted by atomic mass is 127. The van der Waals surface area contributed by atoms with E-state index in [1.54, 1.807) is 6.20 Å². The van der Waals surface area contributed by atoms with Crippen LogP contribution in [0.25, 0.3) is 33.0 Å². The van der Waals surface area contributed by atoms with Gasteiger partial charge in [0.05, 0.1) is 16.6 Å². The first-order valence-corrected chi connectivity index (χ1v) is 8.75. The lowest BCUT2D eigenvalue weighted by Gasteiger charge is -2.06. The van der Waals surface area contributed by atoms with Crippen molar-refractivity contribution in [2.75, 3.05) is 0 Å². The molecule has 2 aromatic heterocycles. The van der Waals surface area contributed by atoms with Crippen molar-refractivity contribution in [2.45, 2.75) is 4.43 Å². The van der Waals surface area contributed by atoms with Gasteiger partial charge < -0.3 is 4.42 Å². The average molecular weight is 413 g/mol. The van der Waals surface area contributed by atoms with Gasteiger partial charge in [0.15, 0.2) is 0 Å². The van der Waals surface area contributed by atoms with Crippen LogP contribution in [0.4, 0.5) is 0 Å². The first kappa shape index (κ1) is 14.4. The topological polar surface area (TPSA) is 43.1 Å². The van der Waals surface area contributed by atoms with Crippen LogP contribution in [0.15, 0.2) is 70.2 Å². The lowest BCUT2D eigenvalue weighted by atomic mass is 10.0. The van der Waals surface area contributed by atoms with Crippen LogP contribution in [0, 0.1) is 0 Å². The molecule has 4 aromatic rings. The fraction of sp³-hybridized carbons (Fsp3) is 0.0526. The van der Waals surface area contributed by atoms with E-state index < -0.39 is 0 Å². The van der Waals surface area contributed by atoms with Crippen LogP contribution in [0.5, 0.6) is 0 Å². The molecular weight excluding hydrogens is 401 g/mol. The summed E-state index contributed by atoms with van der Waals surface area (Å²) in [6.45, 7) is 0. The molecule has 0 radical (unpaired) electrons. The number of fused-ring (bicyclic) bond motifs is 3. The summed E-state index contributed by atoms with van der Waals surface area (Å²) in [6, 6.07) is 15.5. The molecule has 0 fully saturated rings. The van der Waals surface area contributed by atoms with Gasteiger partial charge in [0.25, 0.3) is 0 Å². The third-order valence-electron chi connectivity index (χ3n) is 3.92. The van der Waals surface area contributed by atoms with E-state index >= 15 is 0 Å². The van der Waals surface area contributed by atoms with E-state index in [0.717, 1.165) is 20.8 Å². The Hall–Kier alpha value is -2.21. The van der Waals surface area contributed by atoms with Gasteiger partial charge in [-0.15, -0.1) is 0 Å². The van der Waals surface area contributed by atoms with Crippen molar-refractivity contribution in [1.29, 1.82) is 0 Å². The van der Waals surface area contributed by atoms with Gasteiger partial charge >= 0.3 is 0 Å². The Morgan fingerprint density at radius 2 is 1.96 bits per heavy atom. The van der Waals surface area contributed by atoms with E-state index in [9.17, 15) is 4.79 Å². The molecular formula is C19H12INO2. The minimum Gasteiger partial charge on any atom is -0.463 e. The maximum atomic E-state index is 13.0. The van der Waals surface area contributed by atoms with Gasteiger partial charge in [0.2, 0.25) is 5.43 Å². The van der Waals surface area contributed by atoms with E-state index in [1.165, 1.54) is 6.26 Å². The number of aromatic nitrogens is 1. The summed E-state index contributed by atoms with van der Waals surface area (Å²) >= 11 is 2.29. The van der Waals surface area contributed by atoms with Crippen molar-refractivity contribution in [3.8, 4) is 11.3 Å². The summed E-state index contributed by atoms with van der Waals surface area (Å²) in [6.07, 6.45) is 3.24. The third kappa shape index (κ3) is 2.43. The highest BCUT2D eigenvalue weighted by Crippen LogP contribution is 2.25. The highest BCUT2D eigenvalue weighted by Gasteiger charge is 2.13. The summed E-state index contributed by atoms with van der Waals surface area (Å²) in [4.78, 5) is 17.4. The molecule has 4 heteroatoms. The molecule has 0 aliphatic rings. The van der Waals surface area contributed by atoms with Gasteiger partial charge in [-0.25, -0.2) is 0 Å². The normalized spacial score (nSPS) is 11.2. The minimum absolute atomic E-state index is 0.0406. The minimum atomic E-state index is -0.0406. The average Bonchev–Trinajstić information content (AvgIpc) is 2.61. The van der Waals surface area contributed by atoms with Crippen LogP contribution < -0.4 is 5.43 Å². The van der Waals surface area contributed by atoms with Crippen LogP contribution in [0.2, 0.25) is 0 Å². The number of nitrogens with zero attached hydrogens (tertiary/aromatic N) is 1. The van der Waals surface area contributed by atoms with Crippen LogP contribution in [-0.2, 0) is 4.43 Å². The molecule has 0 amide bonds. The van der Waals surface area contributed by atoms with Gasteiger partial charge in [-0.3, -0.25) is 9.78 Å². The van der Waals surface area contributed by atoms with Crippen molar-refractivity contribution < 1.29 is 4.42 Å². The third-order valence-corrected chi connectivity index (χ3v) is 4.80. The van der Waals surface area contributed by atoms with Crippen molar-refractivity contribution >= 4 is 44.3 Å². The van der Waals surface area contributed by atoms with Crippen LogP contribution in [0.1, 0.15) is 5.56 Å². The summed E-state index contributed by atoms with van der Waals surface area (Å²) in [5.74, 6) is 0. The number of hydrogen-bond donors (Lipinski definition) is 0. The summed E-state index contributed by atoms with van der Waals surface area (Å²) in [7, 11) is 0. The van der Waals surface area contributed by atoms with E-state index in [2.05, 4.69) is 27.6 Å². The Morgan fingerprint density at radius 1 is 1.09 bits per heavy atom. The Balaban J connectivity index is 2.07. The zero-order chi connectivity index (χ0) is 15.8. The second kappa shape index (κ2) is 5.77. The van der Waals surface area contributed by atoms with Gasteiger partial charge in [0.1, 0.15) is 11.8 Å². The van der Waals surface area contributed by atoms with E-state index in [1.807, 2.05) is 48.5 Å². The van der Waals surface area contributed by atoms with Gasteiger partial charge in [-0.2, -0.15) is 0 Å². The number of benzene rings is 2. The second-order valence-corrected chi connectivity index (χ2v) is 6.08. The molecule has 0 aliphatic carbocycles. The SMILES string of the molecule is O=c1c(-c2cc(CI)ccn2)coc2ccc3ccccc3c12. The molecule has 4 rings (SSSR count). The molecule has 0 bridgehead atoms. The van der Waals surface area contributed by atoms with Gasteiger partial charge in [-0.05, 0) is 34.5 Å². The van der Waals surface area contributed by atoms with Crippen molar-refractivity contribution in [1.82, 2.24) is 4.98 Å². The number of halogens is 1. The molecule has 2 aromatic carbocycles. The van der Waals surface area contributed by atoms with Crippen LogP contribution >= 0.6 is 22.6 Å². The van der Waals surface area contributed by atoms with Crippen LogP contribution in [0.3, 0.4) is 0 Å². The zero-order valence-electron chi connectivity index (χ0n) is 12.1. The Kier molecular flexibility index (Phi) is 3.61. The maximum Gasteiger partial charge on any atom is 0.202 e. The summed E-state index contributed by atoms with van der Waals surface area (Å²) in [5.41, 5.74) is 2.85. The van der Waals surface area contributed by atoms with E-state index in [4.69, 9.17) is 4.42 Å². The van der Waals surface area contributed by atoms with Crippen LogP contribution in [-0.4, -0.2) is 4.98 Å². The molecule has 0 spiro atoms. The first-order chi connectivity index (χ1) is 11.3. The number of alkyl halides is 1. The summed E-state index contributed by atoms with van der Waals surface area (Å²) in [5, 5.41) is 2.55.